The van der Waals surface area contributed by atoms with Crippen LogP contribution in [0.4, 0.5) is 0 Å². The van der Waals surface area contributed by atoms with Gasteiger partial charge >= 0.3 is 0 Å². The molecule has 0 saturated carbocycles. The summed E-state index contributed by atoms with van der Waals surface area (Å²) in [7, 11) is 0. The molecule has 0 bridgehead atoms. The first kappa shape index (κ1) is 15.0. The fraction of sp³-hybridized carbons (Fsp3) is 0.600. The summed E-state index contributed by atoms with van der Waals surface area (Å²) in [5, 5.41) is 0. The third-order valence-corrected chi connectivity index (χ3v) is 2.98. The second-order valence-electron chi connectivity index (χ2n) is 5.12. The van der Waals surface area contributed by atoms with E-state index in [4.69, 9.17) is 16.2 Å². The van der Waals surface area contributed by atoms with E-state index in [0.29, 0.717) is 12.5 Å². The molecule has 2 atom stereocenters. The van der Waals surface area contributed by atoms with Gasteiger partial charge in [-0.2, -0.15) is 0 Å². The molecule has 18 heavy (non-hydrogen) atoms. The molecule has 0 aliphatic rings. The molecular weight excluding hydrogens is 224 g/mol. The molecule has 0 saturated heterocycles. The van der Waals surface area contributed by atoms with E-state index in [0.717, 1.165) is 18.6 Å². The quantitative estimate of drug-likeness (QED) is 0.782. The minimum absolute atomic E-state index is 0.195. The van der Waals surface area contributed by atoms with Crippen molar-refractivity contribution in [3.05, 3.63) is 29.8 Å². The van der Waals surface area contributed by atoms with Crippen LogP contribution in [0.3, 0.4) is 0 Å². The van der Waals surface area contributed by atoms with Gasteiger partial charge in [0, 0.05) is 12.1 Å². The summed E-state index contributed by atoms with van der Waals surface area (Å²) < 4.78 is 5.45. The smallest absolute Gasteiger partial charge is 0.119 e. The van der Waals surface area contributed by atoms with E-state index >= 15 is 0 Å². The highest BCUT2D eigenvalue weighted by molar-refractivity contribution is 5.29. The molecule has 1 rings (SSSR count). The Morgan fingerprint density at radius 3 is 1.89 bits per heavy atom. The summed E-state index contributed by atoms with van der Waals surface area (Å²) in [5.74, 6) is 1.35. The minimum Gasteiger partial charge on any atom is -0.494 e. The number of hydrogen-bond acceptors (Lipinski definition) is 3. The fourth-order valence-corrected chi connectivity index (χ4v) is 2.27. The van der Waals surface area contributed by atoms with Gasteiger partial charge in [0.25, 0.3) is 0 Å². The number of rotatable bonds is 7. The van der Waals surface area contributed by atoms with Crippen LogP contribution in [0.25, 0.3) is 0 Å². The average molecular weight is 250 g/mol. The van der Waals surface area contributed by atoms with Crippen LogP contribution in [0.2, 0.25) is 0 Å². The summed E-state index contributed by atoms with van der Waals surface area (Å²) in [4.78, 5) is 0. The van der Waals surface area contributed by atoms with E-state index in [-0.39, 0.29) is 12.1 Å². The lowest BCUT2D eigenvalue weighted by Crippen LogP contribution is -2.24. The van der Waals surface area contributed by atoms with Crippen LogP contribution in [-0.4, -0.2) is 18.7 Å². The molecule has 0 radical (unpaired) electrons. The van der Waals surface area contributed by atoms with Gasteiger partial charge in [-0.15, -0.1) is 0 Å². The standard InChI is InChI=1S/C15H26N2O/c1-4-18-15-7-5-13(6-8-15)14(9-11(2)16)10-12(3)17/h5-8,11-12,14H,4,9-10,16-17H2,1-3H3. The minimum atomic E-state index is 0.195. The maximum absolute atomic E-state index is 5.92. The predicted octanol–water partition coefficient (Wildman–Crippen LogP) is 2.64. The van der Waals surface area contributed by atoms with Crippen LogP contribution >= 0.6 is 0 Å². The number of benzene rings is 1. The highest BCUT2D eigenvalue weighted by Crippen LogP contribution is 2.27. The Hall–Kier alpha value is -1.06. The second kappa shape index (κ2) is 7.39. The molecule has 0 aliphatic heterocycles. The summed E-state index contributed by atoms with van der Waals surface area (Å²) in [6, 6.07) is 8.68. The summed E-state index contributed by atoms with van der Waals surface area (Å²) in [5.41, 5.74) is 13.1. The van der Waals surface area contributed by atoms with Crippen LogP contribution < -0.4 is 16.2 Å². The summed E-state index contributed by atoms with van der Waals surface area (Å²) >= 11 is 0. The van der Waals surface area contributed by atoms with Gasteiger partial charge in [0.1, 0.15) is 5.75 Å². The molecule has 0 aromatic heterocycles. The molecule has 1 aromatic carbocycles. The van der Waals surface area contributed by atoms with Crippen molar-refractivity contribution in [1.29, 1.82) is 0 Å². The average Bonchev–Trinajstić information content (AvgIpc) is 2.28. The van der Waals surface area contributed by atoms with Gasteiger partial charge in [0.15, 0.2) is 0 Å². The molecule has 0 amide bonds. The van der Waals surface area contributed by atoms with Crippen molar-refractivity contribution >= 4 is 0 Å². The van der Waals surface area contributed by atoms with Crippen molar-refractivity contribution in [3.8, 4) is 5.75 Å². The van der Waals surface area contributed by atoms with E-state index in [1.54, 1.807) is 0 Å². The van der Waals surface area contributed by atoms with Crippen LogP contribution in [0, 0.1) is 0 Å². The first-order chi connectivity index (χ1) is 8.52. The highest BCUT2D eigenvalue weighted by atomic mass is 16.5. The molecule has 0 heterocycles. The van der Waals surface area contributed by atoms with E-state index in [2.05, 4.69) is 12.1 Å². The molecule has 0 fully saturated rings. The zero-order valence-electron chi connectivity index (χ0n) is 11.7. The molecule has 2 unspecified atom stereocenters. The van der Waals surface area contributed by atoms with Gasteiger partial charge in [0.2, 0.25) is 0 Å². The Morgan fingerprint density at radius 2 is 1.50 bits per heavy atom. The third kappa shape index (κ3) is 5.07. The molecule has 102 valence electrons. The third-order valence-electron chi connectivity index (χ3n) is 2.98. The molecule has 0 aliphatic carbocycles. The molecule has 0 spiro atoms. The van der Waals surface area contributed by atoms with Crippen molar-refractivity contribution in [2.75, 3.05) is 6.61 Å². The lowest BCUT2D eigenvalue weighted by Gasteiger charge is -2.21. The fourth-order valence-electron chi connectivity index (χ4n) is 2.27. The first-order valence-electron chi connectivity index (χ1n) is 6.76. The van der Waals surface area contributed by atoms with E-state index < -0.39 is 0 Å². The van der Waals surface area contributed by atoms with Crippen molar-refractivity contribution in [2.45, 2.75) is 51.6 Å². The van der Waals surface area contributed by atoms with Gasteiger partial charge in [-0.3, -0.25) is 0 Å². The largest absolute Gasteiger partial charge is 0.494 e. The molecule has 4 N–H and O–H groups in total. The topological polar surface area (TPSA) is 61.3 Å². The van der Waals surface area contributed by atoms with Crippen LogP contribution in [-0.2, 0) is 0 Å². The normalized spacial score (nSPS) is 16.1. The Labute approximate surface area is 111 Å². The number of nitrogens with two attached hydrogens (primary N) is 2. The maximum atomic E-state index is 5.92. The highest BCUT2D eigenvalue weighted by Gasteiger charge is 2.15. The van der Waals surface area contributed by atoms with Gasteiger partial charge in [-0.25, -0.2) is 0 Å². The predicted molar refractivity (Wildman–Crippen MR) is 76.9 cm³/mol. The first-order valence-corrected chi connectivity index (χ1v) is 6.76. The van der Waals surface area contributed by atoms with Gasteiger partial charge in [-0.1, -0.05) is 12.1 Å². The molecule has 1 aromatic rings. The van der Waals surface area contributed by atoms with Crippen LogP contribution in [0.5, 0.6) is 5.75 Å². The zero-order chi connectivity index (χ0) is 13.5. The monoisotopic (exact) mass is 250 g/mol. The Bertz CT molecular complexity index is 323. The molecule has 3 heteroatoms. The summed E-state index contributed by atoms with van der Waals surface area (Å²) in [6.07, 6.45) is 1.94. The van der Waals surface area contributed by atoms with Crippen molar-refractivity contribution < 1.29 is 4.74 Å². The van der Waals surface area contributed by atoms with E-state index in [1.807, 2.05) is 32.9 Å². The van der Waals surface area contributed by atoms with Gasteiger partial charge in [-0.05, 0) is 57.2 Å². The van der Waals surface area contributed by atoms with Crippen molar-refractivity contribution in [1.82, 2.24) is 0 Å². The molecule has 3 nitrogen and oxygen atoms in total. The second-order valence-corrected chi connectivity index (χ2v) is 5.12. The van der Waals surface area contributed by atoms with Gasteiger partial charge < -0.3 is 16.2 Å². The zero-order valence-corrected chi connectivity index (χ0v) is 11.7. The van der Waals surface area contributed by atoms with Crippen molar-refractivity contribution in [2.24, 2.45) is 11.5 Å². The lowest BCUT2D eigenvalue weighted by atomic mass is 9.88. The van der Waals surface area contributed by atoms with Crippen molar-refractivity contribution in [3.63, 3.8) is 0 Å². The number of ether oxygens (including phenoxy) is 1. The summed E-state index contributed by atoms with van der Waals surface area (Å²) in [6.45, 7) is 6.77. The van der Waals surface area contributed by atoms with E-state index in [9.17, 15) is 0 Å². The lowest BCUT2D eigenvalue weighted by molar-refractivity contribution is 0.340. The maximum Gasteiger partial charge on any atom is 0.119 e. The SMILES string of the molecule is CCOc1ccc(C(CC(C)N)CC(C)N)cc1. The van der Waals surface area contributed by atoms with Gasteiger partial charge in [0.05, 0.1) is 6.61 Å². The van der Waals surface area contributed by atoms with Crippen LogP contribution in [0.15, 0.2) is 24.3 Å². The van der Waals surface area contributed by atoms with Crippen LogP contribution in [0.1, 0.15) is 45.1 Å². The molecular formula is C15H26N2O. The Balaban J connectivity index is 2.77. The van der Waals surface area contributed by atoms with E-state index in [1.165, 1.54) is 5.56 Å². The number of hydrogen-bond donors (Lipinski definition) is 2. The Morgan fingerprint density at radius 1 is 1.00 bits per heavy atom. The Kier molecular flexibility index (Phi) is 6.16.